The minimum absolute atomic E-state index is 0.0120. The zero-order valence-corrected chi connectivity index (χ0v) is 14.2. The van der Waals surface area contributed by atoms with E-state index in [0.29, 0.717) is 6.42 Å². The number of ether oxygens (including phenoxy) is 1. The van der Waals surface area contributed by atoms with E-state index in [1.54, 1.807) is 12.1 Å². The SMILES string of the molecule is COCC(O)CNC(=O)NC(CC(C)(C)C)c1ccc(F)cc1. The van der Waals surface area contributed by atoms with Crippen LogP contribution in [0.25, 0.3) is 0 Å². The van der Waals surface area contributed by atoms with Crippen molar-refractivity contribution in [3.8, 4) is 0 Å². The number of amides is 2. The number of methoxy groups -OCH3 is 1. The molecule has 130 valence electrons. The third kappa shape index (κ3) is 7.95. The Morgan fingerprint density at radius 2 is 1.91 bits per heavy atom. The van der Waals surface area contributed by atoms with E-state index < -0.39 is 6.10 Å². The summed E-state index contributed by atoms with van der Waals surface area (Å²) in [4.78, 5) is 12.0. The number of nitrogens with one attached hydrogen (secondary N) is 2. The number of aliphatic hydroxyl groups excluding tert-OH is 1. The normalized spacial score (nSPS) is 14.2. The fourth-order valence-corrected chi connectivity index (χ4v) is 2.23. The highest BCUT2D eigenvalue weighted by atomic mass is 19.1. The van der Waals surface area contributed by atoms with Gasteiger partial charge in [0.05, 0.1) is 18.8 Å². The molecule has 2 atom stereocenters. The van der Waals surface area contributed by atoms with Gasteiger partial charge in [0.2, 0.25) is 0 Å². The maximum absolute atomic E-state index is 13.1. The number of hydrogen-bond acceptors (Lipinski definition) is 3. The number of carbonyl (C=O) groups is 1. The van der Waals surface area contributed by atoms with Crippen LogP contribution < -0.4 is 10.6 Å². The van der Waals surface area contributed by atoms with Gasteiger partial charge < -0.3 is 20.5 Å². The van der Waals surface area contributed by atoms with Gasteiger partial charge in [-0.05, 0) is 29.5 Å². The van der Waals surface area contributed by atoms with E-state index >= 15 is 0 Å². The fourth-order valence-electron chi connectivity index (χ4n) is 2.23. The second-order valence-corrected chi connectivity index (χ2v) is 6.83. The van der Waals surface area contributed by atoms with E-state index in [2.05, 4.69) is 31.4 Å². The number of aliphatic hydroxyl groups is 1. The standard InChI is InChI=1S/C17H27FN2O3/c1-17(2,3)9-15(12-5-7-13(18)8-6-12)20-16(22)19-10-14(21)11-23-4/h5-8,14-15,21H,9-11H2,1-4H3,(H2,19,20,22). The summed E-state index contributed by atoms with van der Waals surface area (Å²) in [6.45, 7) is 6.48. The van der Waals surface area contributed by atoms with Crippen LogP contribution in [0.3, 0.4) is 0 Å². The van der Waals surface area contributed by atoms with Crippen molar-refractivity contribution in [3.05, 3.63) is 35.6 Å². The van der Waals surface area contributed by atoms with E-state index in [4.69, 9.17) is 4.74 Å². The molecule has 0 aliphatic heterocycles. The van der Waals surface area contributed by atoms with E-state index in [1.807, 2.05) is 0 Å². The molecule has 0 aliphatic rings. The van der Waals surface area contributed by atoms with Gasteiger partial charge in [-0.2, -0.15) is 0 Å². The second-order valence-electron chi connectivity index (χ2n) is 6.83. The molecule has 23 heavy (non-hydrogen) atoms. The molecule has 0 saturated heterocycles. The first kappa shape index (κ1) is 19.4. The Morgan fingerprint density at radius 3 is 2.43 bits per heavy atom. The second kappa shape index (κ2) is 8.84. The van der Waals surface area contributed by atoms with Gasteiger partial charge in [0, 0.05) is 13.7 Å². The summed E-state index contributed by atoms with van der Waals surface area (Å²) in [5.41, 5.74) is 0.830. The molecule has 0 saturated carbocycles. The zero-order valence-electron chi connectivity index (χ0n) is 14.2. The highest BCUT2D eigenvalue weighted by Crippen LogP contribution is 2.29. The van der Waals surface area contributed by atoms with Gasteiger partial charge in [-0.15, -0.1) is 0 Å². The Balaban J connectivity index is 2.69. The van der Waals surface area contributed by atoms with Crippen LogP contribution in [0.15, 0.2) is 24.3 Å². The van der Waals surface area contributed by atoms with Crippen LogP contribution >= 0.6 is 0 Å². The lowest BCUT2D eigenvalue weighted by molar-refractivity contribution is 0.0658. The molecule has 1 rings (SSSR count). The maximum atomic E-state index is 13.1. The van der Waals surface area contributed by atoms with Crippen molar-refractivity contribution in [3.63, 3.8) is 0 Å². The molecule has 6 heteroatoms. The van der Waals surface area contributed by atoms with Crippen LogP contribution in [0.1, 0.15) is 38.8 Å². The number of carbonyl (C=O) groups excluding carboxylic acids is 1. The van der Waals surface area contributed by atoms with Crippen LogP contribution in [0.4, 0.5) is 9.18 Å². The third-order valence-corrected chi connectivity index (χ3v) is 3.25. The summed E-state index contributed by atoms with van der Waals surface area (Å²) >= 11 is 0. The molecule has 0 bridgehead atoms. The molecule has 5 nitrogen and oxygen atoms in total. The summed E-state index contributed by atoms with van der Waals surface area (Å²) in [6.07, 6.45) is -0.0511. The van der Waals surface area contributed by atoms with Gasteiger partial charge in [0.25, 0.3) is 0 Å². The molecular formula is C17H27FN2O3. The lowest BCUT2D eigenvalue weighted by Crippen LogP contribution is -2.43. The van der Waals surface area contributed by atoms with Crippen molar-refractivity contribution in [2.75, 3.05) is 20.3 Å². The lowest BCUT2D eigenvalue weighted by atomic mass is 9.85. The van der Waals surface area contributed by atoms with Gasteiger partial charge in [0.1, 0.15) is 5.82 Å². The number of rotatable bonds is 7. The van der Waals surface area contributed by atoms with Crippen molar-refractivity contribution in [1.82, 2.24) is 10.6 Å². The fraction of sp³-hybridized carbons (Fsp3) is 0.588. The van der Waals surface area contributed by atoms with Crippen molar-refractivity contribution < 1.29 is 19.0 Å². The van der Waals surface area contributed by atoms with Crippen molar-refractivity contribution in [2.24, 2.45) is 5.41 Å². The van der Waals surface area contributed by atoms with E-state index in [-0.39, 0.29) is 36.5 Å². The highest BCUT2D eigenvalue weighted by molar-refractivity contribution is 5.74. The summed E-state index contributed by atoms with van der Waals surface area (Å²) in [5.74, 6) is -0.310. The van der Waals surface area contributed by atoms with Gasteiger partial charge in [-0.25, -0.2) is 9.18 Å². The molecule has 0 fully saturated rings. The average molecular weight is 326 g/mol. The first-order chi connectivity index (χ1) is 10.7. The molecule has 3 N–H and O–H groups in total. The minimum atomic E-state index is -0.752. The van der Waals surface area contributed by atoms with E-state index in [0.717, 1.165) is 5.56 Å². The highest BCUT2D eigenvalue weighted by Gasteiger charge is 2.22. The quantitative estimate of drug-likeness (QED) is 0.721. The zero-order chi connectivity index (χ0) is 17.5. The Kier molecular flexibility index (Phi) is 7.45. The molecule has 0 aliphatic carbocycles. The molecule has 2 unspecified atom stereocenters. The molecule has 1 aromatic carbocycles. The number of halogens is 1. The predicted molar refractivity (Wildman–Crippen MR) is 87.6 cm³/mol. The Morgan fingerprint density at radius 1 is 1.30 bits per heavy atom. The third-order valence-electron chi connectivity index (χ3n) is 3.25. The lowest BCUT2D eigenvalue weighted by Gasteiger charge is -2.27. The molecule has 0 spiro atoms. The van der Waals surface area contributed by atoms with Gasteiger partial charge in [-0.3, -0.25) is 0 Å². The number of hydrogen-bond donors (Lipinski definition) is 3. The molecule has 0 aromatic heterocycles. The molecule has 0 radical (unpaired) electrons. The summed E-state index contributed by atoms with van der Waals surface area (Å²) in [6, 6.07) is 5.49. The van der Waals surface area contributed by atoms with Crippen LogP contribution in [-0.2, 0) is 4.74 Å². The summed E-state index contributed by atoms with van der Waals surface area (Å²) in [5, 5.41) is 15.0. The Hall–Kier alpha value is -1.66. The summed E-state index contributed by atoms with van der Waals surface area (Å²) < 4.78 is 17.9. The number of urea groups is 1. The monoisotopic (exact) mass is 326 g/mol. The van der Waals surface area contributed by atoms with Crippen molar-refractivity contribution in [2.45, 2.75) is 39.3 Å². The van der Waals surface area contributed by atoms with Gasteiger partial charge >= 0.3 is 6.03 Å². The Labute approximate surface area is 137 Å². The molecule has 1 aromatic rings. The van der Waals surface area contributed by atoms with E-state index in [1.165, 1.54) is 19.2 Å². The average Bonchev–Trinajstić information content (AvgIpc) is 2.44. The molecule has 2 amide bonds. The first-order valence-electron chi connectivity index (χ1n) is 7.68. The summed E-state index contributed by atoms with van der Waals surface area (Å²) in [7, 11) is 1.48. The minimum Gasteiger partial charge on any atom is -0.389 e. The van der Waals surface area contributed by atoms with Crippen LogP contribution in [0.2, 0.25) is 0 Å². The van der Waals surface area contributed by atoms with Crippen LogP contribution in [0, 0.1) is 11.2 Å². The number of benzene rings is 1. The van der Waals surface area contributed by atoms with E-state index in [9.17, 15) is 14.3 Å². The smallest absolute Gasteiger partial charge is 0.315 e. The maximum Gasteiger partial charge on any atom is 0.315 e. The van der Waals surface area contributed by atoms with Gasteiger partial charge in [0.15, 0.2) is 0 Å². The largest absolute Gasteiger partial charge is 0.389 e. The molecular weight excluding hydrogens is 299 g/mol. The predicted octanol–water partition coefficient (Wildman–Crippen LogP) is 2.61. The molecule has 0 heterocycles. The van der Waals surface area contributed by atoms with Crippen LogP contribution in [-0.4, -0.2) is 37.5 Å². The first-order valence-corrected chi connectivity index (χ1v) is 7.68. The van der Waals surface area contributed by atoms with Crippen molar-refractivity contribution in [1.29, 1.82) is 0 Å². The topological polar surface area (TPSA) is 70.6 Å². The van der Waals surface area contributed by atoms with Crippen LogP contribution in [0.5, 0.6) is 0 Å². The van der Waals surface area contributed by atoms with Crippen molar-refractivity contribution >= 4 is 6.03 Å². The van der Waals surface area contributed by atoms with Gasteiger partial charge in [-0.1, -0.05) is 32.9 Å². The Bertz CT molecular complexity index is 486.